The number of rotatable bonds is 5. The highest BCUT2D eigenvalue weighted by atomic mass is 15.1. The number of nitrogens with two attached hydrogens (primary N) is 1. The van der Waals surface area contributed by atoms with Crippen molar-refractivity contribution in [2.75, 3.05) is 12.3 Å². The minimum Gasteiger partial charge on any atom is -0.399 e. The van der Waals surface area contributed by atoms with Crippen molar-refractivity contribution in [1.82, 2.24) is 9.88 Å². The van der Waals surface area contributed by atoms with Crippen LogP contribution in [0.2, 0.25) is 0 Å². The molecule has 2 N–H and O–H groups in total. The van der Waals surface area contributed by atoms with E-state index >= 15 is 0 Å². The minimum absolute atomic E-state index is 0.816. The summed E-state index contributed by atoms with van der Waals surface area (Å²) in [7, 11) is 0. The number of anilines is 1. The maximum absolute atomic E-state index is 5.69. The molecule has 3 nitrogen and oxygen atoms in total. The first-order chi connectivity index (χ1) is 8.78. The molecule has 1 aromatic carbocycles. The van der Waals surface area contributed by atoms with Gasteiger partial charge in [0.2, 0.25) is 0 Å². The van der Waals surface area contributed by atoms with E-state index in [9.17, 15) is 0 Å². The van der Waals surface area contributed by atoms with Gasteiger partial charge in [-0.2, -0.15) is 0 Å². The van der Waals surface area contributed by atoms with E-state index in [2.05, 4.69) is 41.1 Å². The van der Waals surface area contributed by atoms with Crippen molar-refractivity contribution in [1.29, 1.82) is 0 Å². The van der Waals surface area contributed by atoms with Crippen molar-refractivity contribution in [3.05, 3.63) is 59.9 Å². The highest BCUT2D eigenvalue weighted by Gasteiger charge is 2.04. The molecule has 94 valence electrons. The molecule has 0 saturated heterocycles. The van der Waals surface area contributed by atoms with Crippen molar-refractivity contribution in [3.8, 4) is 0 Å². The summed E-state index contributed by atoms with van der Waals surface area (Å²) in [6.07, 6.45) is 3.68. The molecule has 0 spiro atoms. The molecule has 0 radical (unpaired) electrons. The lowest BCUT2D eigenvalue weighted by Gasteiger charge is -2.20. The fourth-order valence-corrected chi connectivity index (χ4v) is 1.91. The molecule has 0 aliphatic rings. The summed E-state index contributed by atoms with van der Waals surface area (Å²) >= 11 is 0. The van der Waals surface area contributed by atoms with Gasteiger partial charge in [0.25, 0.3) is 0 Å². The van der Waals surface area contributed by atoms with Gasteiger partial charge in [0.1, 0.15) is 0 Å². The fraction of sp³-hybridized carbons (Fsp3) is 0.267. The standard InChI is InChI=1S/C15H19N3/c1-2-18(12-14-7-9-17-10-8-14)11-13-3-5-15(16)6-4-13/h3-10H,2,11-12,16H2,1H3. The number of hydrogen-bond acceptors (Lipinski definition) is 3. The topological polar surface area (TPSA) is 42.2 Å². The van der Waals surface area contributed by atoms with Crippen molar-refractivity contribution < 1.29 is 0 Å². The SMILES string of the molecule is CCN(Cc1ccncc1)Cc1ccc(N)cc1. The normalized spacial score (nSPS) is 10.8. The third-order valence-electron chi connectivity index (χ3n) is 2.99. The van der Waals surface area contributed by atoms with E-state index in [4.69, 9.17) is 5.73 Å². The van der Waals surface area contributed by atoms with Crippen LogP contribution in [0.25, 0.3) is 0 Å². The lowest BCUT2D eigenvalue weighted by atomic mass is 10.2. The molecule has 0 aliphatic carbocycles. The van der Waals surface area contributed by atoms with Crippen LogP contribution in [0.3, 0.4) is 0 Å². The Hall–Kier alpha value is -1.87. The third kappa shape index (κ3) is 3.57. The van der Waals surface area contributed by atoms with Crippen LogP contribution in [0.4, 0.5) is 5.69 Å². The molecule has 0 amide bonds. The predicted molar refractivity (Wildman–Crippen MR) is 74.9 cm³/mol. The first-order valence-corrected chi connectivity index (χ1v) is 6.23. The summed E-state index contributed by atoms with van der Waals surface area (Å²) in [5, 5.41) is 0. The summed E-state index contributed by atoms with van der Waals surface area (Å²) in [4.78, 5) is 6.43. The Balaban J connectivity index is 1.99. The lowest BCUT2D eigenvalue weighted by molar-refractivity contribution is 0.271. The number of nitrogen functional groups attached to an aromatic ring is 1. The number of pyridine rings is 1. The van der Waals surface area contributed by atoms with Gasteiger partial charge < -0.3 is 5.73 Å². The molecule has 0 saturated carbocycles. The van der Waals surface area contributed by atoms with E-state index in [0.717, 1.165) is 25.3 Å². The third-order valence-corrected chi connectivity index (χ3v) is 2.99. The van der Waals surface area contributed by atoms with Gasteiger partial charge in [0.15, 0.2) is 0 Å². The molecular weight excluding hydrogens is 222 g/mol. The highest BCUT2D eigenvalue weighted by molar-refractivity contribution is 5.39. The summed E-state index contributed by atoms with van der Waals surface area (Å²) in [5.41, 5.74) is 9.09. The van der Waals surface area contributed by atoms with Crippen LogP contribution in [0, 0.1) is 0 Å². The Kier molecular flexibility index (Phi) is 4.31. The maximum atomic E-state index is 5.69. The van der Waals surface area contributed by atoms with Gasteiger partial charge in [-0.25, -0.2) is 0 Å². The molecule has 1 heterocycles. The van der Waals surface area contributed by atoms with Crippen LogP contribution in [-0.4, -0.2) is 16.4 Å². The summed E-state index contributed by atoms with van der Waals surface area (Å²) < 4.78 is 0. The van der Waals surface area contributed by atoms with E-state index < -0.39 is 0 Å². The van der Waals surface area contributed by atoms with Crippen LogP contribution in [0.5, 0.6) is 0 Å². The Morgan fingerprint density at radius 2 is 1.50 bits per heavy atom. The van der Waals surface area contributed by atoms with E-state index in [0.29, 0.717) is 0 Å². The van der Waals surface area contributed by atoms with Crippen LogP contribution < -0.4 is 5.73 Å². The fourth-order valence-electron chi connectivity index (χ4n) is 1.91. The molecule has 0 fully saturated rings. The second kappa shape index (κ2) is 6.17. The van der Waals surface area contributed by atoms with Crippen molar-refractivity contribution >= 4 is 5.69 Å². The predicted octanol–water partition coefficient (Wildman–Crippen LogP) is 2.69. The van der Waals surface area contributed by atoms with Gasteiger partial charge in [-0.05, 0) is 41.9 Å². The second-order valence-electron chi connectivity index (χ2n) is 4.40. The number of nitrogens with zero attached hydrogens (tertiary/aromatic N) is 2. The first kappa shape index (κ1) is 12.6. The smallest absolute Gasteiger partial charge is 0.0314 e. The summed E-state index contributed by atoms with van der Waals surface area (Å²) in [6, 6.07) is 12.2. The van der Waals surface area contributed by atoms with Gasteiger partial charge in [-0.3, -0.25) is 9.88 Å². The molecule has 3 heteroatoms. The largest absolute Gasteiger partial charge is 0.399 e. The van der Waals surface area contributed by atoms with Crippen molar-refractivity contribution in [2.45, 2.75) is 20.0 Å². The number of hydrogen-bond donors (Lipinski definition) is 1. The number of benzene rings is 1. The van der Waals surface area contributed by atoms with Gasteiger partial charge in [-0.15, -0.1) is 0 Å². The van der Waals surface area contributed by atoms with Crippen LogP contribution in [0.1, 0.15) is 18.1 Å². The van der Waals surface area contributed by atoms with Gasteiger partial charge in [0, 0.05) is 31.2 Å². The van der Waals surface area contributed by atoms with Crippen LogP contribution in [-0.2, 0) is 13.1 Å². The summed E-state index contributed by atoms with van der Waals surface area (Å²) in [6.45, 7) is 5.09. The molecule has 0 unspecified atom stereocenters. The zero-order chi connectivity index (χ0) is 12.8. The van der Waals surface area contributed by atoms with Crippen molar-refractivity contribution in [3.63, 3.8) is 0 Å². The van der Waals surface area contributed by atoms with E-state index in [1.54, 1.807) is 0 Å². The van der Waals surface area contributed by atoms with Gasteiger partial charge in [0.05, 0.1) is 0 Å². The van der Waals surface area contributed by atoms with Crippen LogP contribution >= 0.6 is 0 Å². The van der Waals surface area contributed by atoms with Gasteiger partial charge >= 0.3 is 0 Å². The summed E-state index contributed by atoms with van der Waals surface area (Å²) in [5.74, 6) is 0. The zero-order valence-corrected chi connectivity index (χ0v) is 10.7. The Bertz CT molecular complexity index is 465. The monoisotopic (exact) mass is 241 g/mol. The first-order valence-electron chi connectivity index (χ1n) is 6.23. The average molecular weight is 241 g/mol. The van der Waals surface area contributed by atoms with E-state index in [1.807, 2.05) is 24.5 Å². The lowest BCUT2D eigenvalue weighted by Crippen LogP contribution is -2.22. The molecular formula is C15H19N3. The zero-order valence-electron chi connectivity index (χ0n) is 10.7. The molecule has 18 heavy (non-hydrogen) atoms. The quantitative estimate of drug-likeness (QED) is 0.818. The molecule has 2 rings (SSSR count). The molecule has 0 atom stereocenters. The minimum atomic E-state index is 0.816. The Morgan fingerprint density at radius 1 is 0.944 bits per heavy atom. The highest BCUT2D eigenvalue weighted by Crippen LogP contribution is 2.11. The molecule has 0 aliphatic heterocycles. The second-order valence-corrected chi connectivity index (χ2v) is 4.40. The van der Waals surface area contributed by atoms with Crippen LogP contribution in [0.15, 0.2) is 48.8 Å². The number of aromatic nitrogens is 1. The average Bonchev–Trinajstić information content (AvgIpc) is 2.41. The van der Waals surface area contributed by atoms with Gasteiger partial charge in [-0.1, -0.05) is 19.1 Å². The molecule has 0 bridgehead atoms. The molecule has 1 aromatic heterocycles. The van der Waals surface area contributed by atoms with E-state index in [1.165, 1.54) is 11.1 Å². The van der Waals surface area contributed by atoms with Crippen molar-refractivity contribution in [2.24, 2.45) is 0 Å². The molecule has 2 aromatic rings. The Morgan fingerprint density at radius 3 is 2.06 bits per heavy atom. The van der Waals surface area contributed by atoms with E-state index in [-0.39, 0.29) is 0 Å². The maximum Gasteiger partial charge on any atom is 0.0314 e. The Labute approximate surface area is 108 Å².